The molecule has 3 aliphatic heterocycles. The minimum atomic E-state index is -1.56. The lowest BCUT2D eigenvalue weighted by Gasteiger charge is -2.33. The van der Waals surface area contributed by atoms with E-state index in [1.807, 2.05) is 6.92 Å². The van der Waals surface area contributed by atoms with Crippen LogP contribution in [0.15, 0.2) is 36.0 Å². The summed E-state index contributed by atoms with van der Waals surface area (Å²) in [6.45, 7) is 10.9. The van der Waals surface area contributed by atoms with E-state index < -0.39 is 35.5 Å². The van der Waals surface area contributed by atoms with E-state index in [0.29, 0.717) is 5.57 Å². The number of carbonyl (C=O) groups is 2. The van der Waals surface area contributed by atoms with Gasteiger partial charge in [-0.2, -0.15) is 0 Å². The van der Waals surface area contributed by atoms with Gasteiger partial charge in [-0.3, -0.25) is 4.79 Å². The first-order valence-corrected chi connectivity index (χ1v) is 8.47. The summed E-state index contributed by atoms with van der Waals surface area (Å²) in [6.07, 6.45) is 3.96. The summed E-state index contributed by atoms with van der Waals surface area (Å²) >= 11 is 0. The maximum absolute atomic E-state index is 12.2. The highest BCUT2D eigenvalue weighted by Crippen LogP contribution is 2.44. The molecule has 3 rings (SSSR count). The van der Waals surface area contributed by atoms with Crippen molar-refractivity contribution in [1.82, 2.24) is 0 Å². The molecule has 2 bridgehead atoms. The van der Waals surface area contributed by atoms with Crippen LogP contribution in [0.2, 0.25) is 0 Å². The molecule has 3 heterocycles. The van der Waals surface area contributed by atoms with E-state index in [0.717, 1.165) is 0 Å². The normalized spacial score (nSPS) is 42.2. The number of ether oxygens (including phenoxy) is 3. The van der Waals surface area contributed by atoms with E-state index in [-0.39, 0.29) is 23.9 Å². The Bertz CT molecular complexity index is 690. The molecule has 0 spiro atoms. The average molecular weight is 348 g/mol. The summed E-state index contributed by atoms with van der Waals surface area (Å²) in [5.41, 5.74) is -0.0548. The van der Waals surface area contributed by atoms with Crippen LogP contribution in [0.1, 0.15) is 34.1 Å². The van der Waals surface area contributed by atoms with Crippen molar-refractivity contribution in [1.29, 1.82) is 0 Å². The van der Waals surface area contributed by atoms with Crippen LogP contribution in [0, 0.1) is 11.8 Å². The molecule has 0 aromatic carbocycles. The third-order valence-corrected chi connectivity index (χ3v) is 5.04. The second-order valence-corrected chi connectivity index (χ2v) is 7.55. The van der Waals surface area contributed by atoms with Crippen LogP contribution in [0.4, 0.5) is 0 Å². The second-order valence-electron chi connectivity index (χ2n) is 7.55. The first-order valence-electron chi connectivity index (χ1n) is 8.47. The Morgan fingerprint density at radius 3 is 2.76 bits per heavy atom. The molecule has 1 N–H and O–H groups in total. The molecule has 0 saturated carbocycles. The number of esters is 2. The SMILES string of the molecule is C=C1C(=O)O[C@@H]2/C=C(/C)[C@@]3(O)C=C[C@@](C)(C[C@@H](OC(=O)C(C)C)C12)O3. The van der Waals surface area contributed by atoms with Gasteiger partial charge in [0.1, 0.15) is 12.2 Å². The topological polar surface area (TPSA) is 82.1 Å². The van der Waals surface area contributed by atoms with Crippen molar-refractivity contribution in [2.75, 3.05) is 0 Å². The molecule has 25 heavy (non-hydrogen) atoms. The molecule has 3 aliphatic rings. The molecular weight excluding hydrogens is 324 g/mol. The van der Waals surface area contributed by atoms with E-state index in [9.17, 15) is 14.7 Å². The summed E-state index contributed by atoms with van der Waals surface area (Å²) < 4.78 is 17.0. The summed E-state index contributed by atoms with van der Waals surface area (Å²) in [5.74, 6) is -3.26. The van der Waals surface area contributed by atoms with Crippen molar-refractivity contribution >= 4 is 11.9 Å². The highest BCUT2D eigenvalue weighted by atomic mass is 16.6. The van der Waals surface area contributed by atoms with E-state index in [4.69, 9.17) is 14.2 Å². The van der Waals surface area contributed by atoms with Gasteiger partial charge >= 0.3 is 11.9 Å². The monoisotopic (exact) mass is 348 g/mol. The molecule has 0 radical (unpaired) electrons. The van der Waals surface area contributed by atoms with Crippen LogP contribution in [-0.2, 0) is 23.8 Å². The van der Waals surface area contributed by atoms with Crippen molar-refractivity contribution in [3.8, 4) is 0 Å². The standard InChI is InChI=1S/C19H24O6/c1-10(2)16(20)24-14-9-18(5)6-7-19(22,25-18)11(3)8-13-15(14)12(4)17(21)23-13/h6-8,10,13-15,22H,4,9H2,1-3,5H3/b11-8-/t13-,14-,15?,18+,19-/m1/s1. The van der Waals surface area contributed by atoms with Gasteiger partial charge in [0, 0.05) is 12.0 Å². The quantitative estimate of drug-likeness (QED) is 0.467. The number of fused-ring (bicyclic) bond motifs is 3. The van der Waals surface area contributed by atoms with Crippen LogP contribution in [0.25, 0.3) is 0 Å². The number of carbonyl (C=O) groups excluding carboxylic acids is 2. The fourth-order valence-corrected chi connectivity index (χ4v) is 3.51. The van der Waals surface area contributed by atoms with Gasteiger partial charge in [0.25, 0.3) is 0 Å². The Balaban J connectivity index is 2.04. The summed E-state index contributed by atoms with van der Waals surface area (Å²) in [5, 5.41) is 10.7. The zero-order chi connectivity index (χ0) is 18.6. The molecular formula is C19H24O6. The second kappa shape index (κ2) is 5.81. The minimum Gasteiger partial charge on any atom is -0.461 e. The zero-order valence-corrected chi connectivity index (χ0v) is 14.9. The molecule has 6 heteroatoms. The smallest absolute Gasteiger partial charge is 0.334 e. The van der Waals surface area contributed by atoms with Crippen LogP contribution < -0.4 is 0 Å². The summed E-state index contributed by atoms with van der Waals surface area (Å²) in [7, 11) is 0. The Morgan fingerprint density at radius 1 is 1.44 bits per heavy atom. The van der Waals surface area contributed by atoms with Gasteiger partial charge in [-0.05, 0) is 31.6 Å². The fourth-order valence-electron chi connectivity index (χ4n) is 3.51. The van der Waals surface area contributed by atoms with Crippen molar-refractivity contribution < 1.29 is 28.9 Å². The van der Waals surface area contributed by atoms with Crippen molar-refractivity contribution in [3.05, 3.63) is 36.0 Å². The van der Waals surface area contributed by atoms with E-state index in [1.54, 1.807) is 39.0 Å². The lowest BCUT2D eigenvalue weighted by molar-refractivity contribution is -0.190. The molecule has 5 atom stereocenters. The lowest BCUT2D eigenvalue weighted by Crippen LogP contribution is -2.41. The molecule has 0 aliphatic carbocycles. The van der Waals surface area contributed by atoms with Crippen molar-refractivity contribution in [2.45, 2.75) is 57.7 Å². The van der Waals surface area contributed by atoms with Gasteiger partial charge in [0.2, 0.25) is 5.79 Å². The predicted molar refractivity (Wildman–Crippen MR) is 89.2 cm³/mol. The predicted octanol–water partition coefficient (Wildman–Crippen LogP) is 2.04. The highest BCUT2D eigenvalue weighted by Gasteiger charge is 2.52. The third-order valence-electron chi connectivity index (χ3n) is 5.04. The van der Waals surface area contributed by atoms with Crippen LogP contribution in [-0.4, -0.2) is 40.6 Å². The maximum Gasteiger partial charge on any atom is 0.334 e. The summed E-state index contributed by atoms with van der Waals surface area (Å²) in [6, 6.07) is 0. The van der Waals surface area contributed by atoms with Crippen LogP contribution in [0.3, 0.4) is 0 Å². The van der Waals surface area contributed by atoms with Crippen LogP contribution >= 0.6 is 0 Å². The van der Waals surface area contributed by atoms with Gasteiger partial charge in [-0.1, -0.05) is 26.5 Å². The van der Waals surface area contributed by atoms with Crippen LogP contribution in [0.5, 0.6) is 0 Å². The van der Waals surface area contributed by atoms with Crippen molar-refractivity contribution in [2.24, 2.45) is 11.8 Å². The molecule has 0 aromatic rings. The Hall–Kier alpha value is -1.92. The summed E-state index contributed by atoms with van der Waals surface area (Å²) in [4.78, 5) is 24.3. The number of aliphatic hydroxyl groups is 1. The van der Waals surface area contributed by atoms with Crippen molar-refractivity contribution in [3.63, 3.8) is 0 Å². The van der Waals surface area contributed by atoms with E-state index >= 15 is 0 Å². The van der Waals surface area contributed by atoms with Gasteiger partial charge in [0.05, 0.1) is 17.4 Å². The molecule has 136 valence electrons. The molecule has 1 unspecified atom stereocenters. The fraction of sp³-hybridized carbons (Fsp3) is 0.579. The number of hydrogen-bond donors (Lipinski definition) is 1. The maximum atomic E-state index is 12.2. The number of hydrogen-bond acceptors (Lipinski definition) is 6. The largest absolute Gasteiger partial charge is 0.461 e. The Labute approximate surface area is 147 Å². The molecule has 0 aromatic heterocycles. The van der Waals surface area contributed by atoms with E-state index in [2.05, 4.69) is 6.58 Å². The first-order chi connectivity index (χ1) is 11.5. The molecule has 0 amide bonds. The Morgan fingerprint density at radius 2 is 2.12 bits per heavy atom. The van der Waals surface area contributed by atoms with Gasteiger partial charge in [0.15, 0.2) is 0 Å². The van der Waals surface area contributed by atoms with Gasteiger partial charge in [-0.15, -0.1) is 0 Å². The molecule has 1 saturated heterocycles. The average Bonchev–Trinajstić information content (AvgIpc) is 2.97. The lowest BCUT2D eigenvalue weighted by atomic mass is 9.83. The van der Waals surface area contributed by atoms with E-state index in [1.165, 1.54) is 0 Å². The first kappa shape index (κ1) is 17.9. The highest BCUT2D eigenvalue weighted by molar-refractivity contribution is 5.91. The molecule has 1 fully saturated rings. The molecule has 6 nitrogen and oxygen atoms in total. The van der Waals surface area contributed by atoms with Gasteiger partial charge in [-0.25, -0.2) is 4.79 Å². The zero-order valence-electron chi connectivity index (χ0n) is 14.9. The van der Waals surface area contributed by atoms with Gasteiger partial charge < -0.3 is 19.3 Å². The third kappa shape index (κ3) is 3.04. The number of rotatable bonds is 2. The Kier molecular flexibility index (Phi) is 4.16. The minimum absolute atomic E-state index is 0.271.